The Kier molecular flexibility index (Phi) is 5.78. The fourth-order valence-corrected chi connectivity index (χ4v) is 8.74. The predicted octanol–water partition coefficient (Wildman–Crippen LogP) is 12.9. The third-order valence-corrected chi connectivity index (χ3v) is 10.7. The zero-order valence-electron chi connectivity index (χ0n) is 25.4. The third kappa shape index (κ3) is 3.90. The minimum atomic E-state index is 0.912. The number of para-hydroxylation sites is 3. The first-order valence-corrected chi connectivity index (χ1v) is 16.8. The van der Waals surface area contributed by atoms with Gasteiger partial charge in [0.25, 0.3) is 0 Å². The molecular weight excluding hydrogens is 591 g/mol. The summed E-state index contributed by atoms with van der Waals surface area (Å²) in [5.74, 6) is 0. The molecule has 0 aliphatic carbocycles. The van der Waals surface area contributed by atoms with Crippen molar-refractivity contribution in [2.75, 3.05) is 0 Å². The van der Waals surface area contributed by atoms with Gasteiger partial charge in [0, 0.05) is 47.8 Å². The van der Waals surface area contributed by atoms with Gasteiger partial charge in [0.05, 0.1) is 5.52 Å². The maximum absolute atomic E-state index is 6.93. The van der Waals surface area contributed by atoms with Gasteiger partial charge in [-0.05, 0) is 52.6 Å². The van der Waals surface area contributed by atoms with E-state index >= 15 is 0 Å². The Morgan fingerprint density at radius 1 is 0.383 bits per heavy atom. The predicted molar refractivity (Wildman–Crippen MR) is 200 cm³/mol. The number of thiophene rings is 1. The quantitative estimate of drug-likeness (QED) is 0.192. The van der Waals surface area contributed by atoms with Crippen molar-refractivity contribution in [2.45, 2.75) is 0 Å². The molecule has 2 nitrogen and oxygen atoms in total. The van der Waals surface area contributed by atoms with E-state index in [9.17, 15) is 0 Å². The highest BCUT2D eigenvalue weighted by atomic mass is 32.1. The second-order valence-corrected chi connectivity index (χ2v) is 13.0. The third-order valence-electron chi connectivity index (χ3n) is 9.43. The van der Waals surface area contributed by atoms with E-state index in [1.54, 1.807) is 0 Å². The first-order valence-electron chi connectivity index (χ1n) is 15.9. The Morgan fingerprint density at radius 3 is 1.68 bits per heavy atom. The minimum Gasteiger partial charge on any atom is -0.453 e. The second kappa shape index (κ2) is 10.3. The van der Waals surface area contributed by atoms with Crippen LogP contribution in [0.15, 0.2) is 168 Å². The Labute approximate surface area is 275 Å². The molecule has 3 aromatic heterocycles. The lowest BCUT2D eigenvalue weighted by Gasteiger charge is -2.12. The standard InChI is InChI=1S/C44H27NOS/c1-3-14-28(15-4-1)30-21-11-24-35-36-25-13-23-34(44(36)47-43(30)35)32-19-8-7-18-31(32)33-22-12-26-38-40-42(46-41(33)38)37-20-9-10-27-39(37)45(40)29-16-5-2-6-17-29/h1-27H. The minimum absolute atomic E-state index is 0.912. The van der Waals surface area contributed by atoms with Gasteiger partial charge in [-0.1, -0.05) is 133 Å². The molecule has 220 valence electrons. The molecule has 7 aromatic carbocycles. The number of hydrogen-bond acceptors (Lipinski definition) is 2. The van der Waals surface area contributed by atoms with Crippen molar-refractivity contribution < 1.29 is 4.42 Å². The van der Waals surface area contributed by atoms with E-state index in [-0.39, 0.29) is 0 Å². The van der Waals surface area contributed by atoms with Crippen molar-refractivity contribution in [3.05, 3.63) is 164 Å². The van der Waals surface area contributed by atoms with Crippen LogP contribution in [0.5, 0.6) is 0 Å². The SMILES string of the molecule is c1ccc(-c2cccc3c2sc2c(-c4ccccc4-c4cccc5c4oc4c6ccccc6n(-c6ccccc6)c54)cccc23)cc1. The highest BCUT2D eigenvalue weighted by Gasteiger charge is 2.23. The zero-order chi connectivity index (χ0) is 30.9. The van der Waals surface area contributed by atoms with Crippen LogP contribution in [0.2, 0.25) is 0 Å². The Morgan fingerprint density at radius 2 is 0.915 bits per heavy atom. The second-order valence-electron chi connectivity index (χ2n) is 12.0. The van der Waals surface area contributed by atoms with Crippen LogP contribution in [0.3, 0.4) is 0 Å². The van der Waals surface area contributed by atoms with Crippen molar-refractivity contribution in [1.82, 2.24) is 4.57 Å². The molecule has 0 aliphatic heterocycles. The van der Waals surface area contributed by atoms with Gasteiger partial charge < -0.3 is 8.98 Å². The van der Waals surface area contributed by atoms with E-state index < -0.39 is 0 Å². The van der Waals surface area contributed by atoms with Crippen LogP contribution in [0.25, 0.3) is 92.2 Å². The molecule has 0 spiro atoms. The average molecular weight is 618 g/mol. The maximum Gasteiger partial charge on any atom is 0.161 e. The molecule has 0 fully saturated rings. The smallest absolute Gasteiger partial charge is 0.161 e. The van der Waals surface area contributed by atoms with Gasteiger partial charge in [-0.3, -0.25) is 0 Å². The molecular formula is C44H27NOS. The molecule has 0 saturated heterocycles. The van der Waals surface area contributed by atoms with E-state index in [0.717, 1.165) is 44.2 Å². The van der Waals surface area contributed by atoms with Crippen LogP contribution < -0.4 is 0 Å². The summed E-state index contributed by atoms with van der Waals surface area (Å²) in [6.45, 7) is 0. The van der Waals surface area contributed by atoms with Crippen LogP contribution >= 0.6 is 11.3 Å². The van der Waals surface area contributed by atoms with Crippen LogP contribution in [-0.2, 0) is 0 Å². The van der Waals surface area contributed by atoms with Crippen LogP contribution in [0.1, 0.15) is 0 Å². The van der Waals surface area contributed by atoms with Gasteiger partial charge in [0.1, 0.15) is 11.1 Å². The molecule has 0 unspecified atom stereocenters. The number of rotatable bonds is 4. The van der Waals surface area contributed by atoms with Gasteiger partial charge in [-0.15, -0.1) is 11.3 Å². The van der Waals surface area contributed by atoms with Gasteiger partial charge in [-0.2, -0.15) is 0 Å². The first-order chi connectivity index (χ1) is 23.3. The summed E-state index contributed by atoms with van der Waals surface area (Å²) in [6, 6.07) is 58.6. The Balaban J connectivity index is 1.23. The normalized spacial score (nSPS) is 11.8. The summed E-state index contributed by atoms with van der Waals surface area (Å²) in [7, 11) is 0. The molecule has 0 atom stereocenters. The van der Waals surface area contributed by atoms with Gasteiger partial charge in [0.15, 0.2) is 5.58 Å². The lowest BCUT2D eigenvalue weighted by molar-refractivity contribution is 0.674. The van der Waals surface area contributed by atoms with E-state index in [0.29, 0.717) is 0 Å². The van der Waals surface area contributed by atoms with Gasteiger partial charge in [-0.25, -0.2) is 0 Å². The van der Waals surface area contributed by atoms with Gasteiger partial charge in [0.2, 0.25) is 0 Å². The molecule has 0 aliphatic rings. The molecule has 10 aromatic rings. The maximum atomic E-state index is 6.93. The lowest BCUT2D eigenvalue weighted by atomic mass is 9.93. The highest BCUT2D eigenvalue weighted by molar-refractivity contribution is 7.26. The van der Waals surface area contributed by atoms with Gasteiger partial charge >= 0.3 is 0 Å². The van der Waals surface area contributed by atoms with E-state index in [4.69, 9.17) is 4.42 Å². The summed E-state index contributed by atoms with van der Waals surface area (Å²) < 4.78 is 11.9. The molecule has 10 rings (SSSR count). The largest absolute Gasteiger partial charge is 0.453 e. The fourth-order valence-electron chi connectivity index (χ4n) is 7.38. The topological polar surface area (TPSA) is 18.1 Å². The summed E-state index contributed by atoms with van der Waals surface area (Å²) >= 11 is 1.89. The number of benzene rings is 7. The van der Waals surface area contributed by atoms with Crippen molar-refractivity contribution in [3.8, 4) is 39.1 Å². The average Bonchev–Trinajstić information content (AvgIpc) is 3.81. The van der Waals surface area contributed by atoms with Crippen LogP contribution in [0.4, 0.5) is 0 Å². The monoisotopic (exact) mass is 617 g/mol. The van der Waals surface area contributed by atoms with Crippen LogP contribution in [0, 0.1) is 0 Å². The fraction of sp³-hybridized carbons (Fsp3) is 0. The molecule has 3 heteroatoms. The van der Waals surface area contributed by atoms with E-state index in [1.165, 1.54) is 48.0 Å². The number of nitrogens with zero attached hydrogens (tertiary/aromatic N) is 1. The molecule has 47 heavy (non-hydrogen) atoms. The molecule has 0 N–H and O–H groups in total. The first kappa shape index (κ1) is 26.3. The lowest BCUT2D eigenvalue weighted by Crippen LogP contribution is -1.93. The zero-order valence-corrected chi connectivity index (χ0v) is 26.2. The number of furan rings is 1. The number of hydrogen-bond donors (Lipinski definition) is 0. The summed E-state index contributed by atoms with van der Waals surface area (Å²) in [5, 5.41) is 4.82. The Bertz CT molecular complexity index is 2780. The van der Waals surface area contributed by atoms with E-state index in [1.807, 2.05) is 11.3 Å². The molecule has 0 amide bonds. The summed E-state index contributed by atoms with van der Waals surface area (Å²) in [6.07, 6.45) is 0. The Hall–Kier alpha value is -5.90. The van der Waals surface area contributed by atoms with Crippen molar-refractivity contribution >= 4 is 64.5 Å². The van der Waals surface area contributed by atoms with Crippen LogP contribution in [-0.4, -0.2) is 4.57 Å². The van der Waals surface area contributed by atoms with Crippen molar-refractivity contribution in [1.29, 1.82) is 0 Å². The molecule has 3 heterocycles. The van der Waals surface area contributed by atoms with Crippen molar-refractivity contribution in [3.63, 3.8) is 0 Å². The highest BCUT2D eigenvalue weighted by Crippen LogP contribution is 2.47. The van der Waals surface area contributed by atoms with E-state index in [2.05, 4.69) is 168 Å². The molecule has 0 bridgehead atoms. The number of aromatic nitrogens is 1. The number of fused-ring (bicyclic) bond motifs is 8. The summed E-state index contributed by atoms with van der Waals surface area (Å²) in [4.78, 5) is 0. The molecule has 0 saturated carbocycles. The summed E-state index contributed by atoms with van der Waals surface area (Å²) in [5.41, 5.74) is 12.4. The van der Waals surface area contributed by atoms with Crippen molar-refractivity contribution in [2.24, 2.45) is 0 Å². The molecule has 0 radical (unpaired) electrons.